The van der Waals surface area contributed by atoms with E-state index in [9.17, 15) is 4.79 Å². The number of para-hydroxylation sites is 1. The summed E-state index contributed by atoms with van der Waals surface area (Å²) in [6, 6.07) is 5.87. The number of H-pyrrole nitrogens is 1. The Hall–Kier alpha value is -1.81. The fourth-order valence-corrected chi connectivity index (χ4v) is 2.13. The lowest BCUT2D eigenvalue weighted by Gasteiger charge is -2.12. The largest absolute Gasteiger partial charge is 0.495 e. The first-order chi connectivity index (χ1) is 9.04. The zero-order chi connectivity index (χ0) is 14.0. The molecule has 1 heterocycles. The van der Waals surface area contributed by atoms with Crippen LogP contribution < -0.4 is 15.5 Å². The van der Waals surface area contributed by atoms with Gasteiger partial charge in [0.25, 0.3) is 0 Å². The molecule has 0 amide bonds. The summed E-state index contributed by atoms with van der Waals surface area (Å²) in [7, 11) is 1.61. The van der Waals surface area contributed by atoms with Crippen LogP contribution in [0.15, 0.2) is 23.0 Å². The number of hydrogen-bond acceptors (Lipinski definition) is 3. The minimum Gasteiger partial charge on any atom is -0.495 e. The molecule has 0 saturated heterocycles. The number of aromatic nitrogens is 1. The molecule has 102 valence electrons. The first-order valence-corrected chi connectivity index (χ1v) is 6.46. The van der Waals surface area contributed by atoms with Crippen LogP contribution in [0.25, 0.3) is 10.9 Å². The second-order valence-corrected chi connectivity index (χ2v) is 4.98. The molecule has 2 aromatic rings. The summed E-state index contributed by atoms with van der Waals surface area (Å²) in [4.78, 5) is 15.8. The minimum atomic E-state index is 0.0679. The van der Waals surface area contributed by atoms with Gasteiger partial charge in [0.15, 0.2) is 5.43 Å². The molecule has 0 aliphatic carbocycles. The number of aryl methyl sites for hydroxylation is 1. The van der Waals surface area contributed by atoms with Crippen molar-refractivity contribution in [3.8, 4) is 5.75 Å². The number of benzene rings is 1. The van der Waals surface area contributed by atoms with Crippen LogP contribution in [0.4, 0.5) is 0 Å². The maximum Gasteiger partial charge on any atom is 0.194 e. The van der Waals surface area contributed by atoms with E-state index in [2.05, 4.69) is 24.1 Å². The average Bonchev–Trinajstić information content (AvgIpc) is 2.37. The van der Waals surface area contributed by atoms with Gasteiger partial charge in [0.1, 0.15) is 5.75 Å². The molecule has 2 rings (SSSR count). The number of aromatic amines is 1. The highest BCUT2D eigenvalue weighted by Gasteiger charge is 2.11. The Bertz CT molecular complexity index is 644. The Morgan fingerprint density at radius 1 is 1.37 bits per heavy atom. The second-order valence-electron chi connectivity index (χ2n) is 4.98. The van der Waals surface area contributed by atoms with Gasteiger partial charge in [-0.3, -0.25) is 4.79 Å². The van der Waals surface area contributed by atoms with E-state index in [1.807, 2.05) is 25.1 Å². The van der Waals surface area contributed by atoms with Crippen LogP contribution >= 0.6 is 0 Å². The van der Waals surface area contributed by atoms with Gasteiger partial charge in [-0.15, -0.1) is 0 Å². The normalized spacial score (nSPS) is 11.2. The SMILES string of the molecule is COc1cccc2c(=O)c(CNC(C)C)c(C)[nH]c12. The number of ether oxygens (including phenoxy) is 1. The van der Waals surface area contributed by atoms with Crippen LogP contribution in [0.1, 0.15) is 25.1 Å². The fourth-order valence-electron chi connectivity index (χ4n) is 2.13. The second kappa shape index (κ2) is 5.45. The van der Waals surface area contributed by atoms with Gasteiger partial charge in [0.2, 0.25) is 0 Å². The third-order valence-electron chi connectivity index (χ3n) is 3.22. The molecule has 0 aliphatic heterocycles. The maximum absolute atomic E-state index is 12.5. The third kappa shape index (κ3) is 2.63. The van der Waals surface area contributed by atoms with Crippen LogP contribution in [0, 0.1) is 6.92 Å². The number of pyridine rings is 1. The molecule has 0 saturated carbocycles. The summed E-state index contributed by atoms with van der Waals surface area (Å²) < 4.78 is 5.29. The van der Waals surface area contributed by atoms with Gasteiger partial charge in [0, 0.05) is 29.2 Å². The Balaban J connectivity index is 2.59. The zero-order valence-corrected chi connectivity index (χ0v) is 11.8. The van der Waals surface area contributed by atoms with Gasteiger partial charge < -0.3 is 15.0 Å². The van der Waals surface area contributed by atoms with Gasteiger partial charge in [-0.25, -0.2) is 0 Å². The van der Waals surface area contributed by atoms with Crippen molar-refractivity contribution in [2.75, 3.05) is 7.11 Å². The lowest BCUT2D eigenvalue weighted by Crippen LogP contribution is -2.26. The summed E-state index contributed by atoms with van der Waals surface area (Å²) in [5, 5.41) is 3.96. The van der Waals surface area contributed by atoms with Gasteiger partial charge in [-0.1, -0.05) is 19.9 Å². The van der Waals surface area contributed by atoms with E-state index in [1.165, 1.54) is 0 Å². The topological polar surface area (TPSA) is 54.1 Å². The first kappa shape index (κ1) is 13.6. The van der Waals surface area contributed by atoms with Crippen molar-refractivity contribution in [3.05, 3.63) is 39.7 Å². The molecule has 0 spiro atoms. The molecule has 1 aromatic heterocycles. The van der Waals surface area contributed by atoms with E-state index in [0.29, 0.717) is 23.7 Å². The number of fused-ring (bicyclic) bond motifs is 1. The van der Waals surface area contributed by atoms with Crippen molar-refractivity contribution in [2.45, 2.75) is 33.4 Å². The smallest absolute Gasteiger partial charge is 0.194 e. The van der Waals surface area contributed by atoms with Gasteiger partial charge in [0.05, 0.1) is 12.6 Å². The fraction of sp³-hybridized carbons (Fsp3) is 0.400. The van der Waals surface area contributed by atoms with E-state index in [4.69, 9.17) is 4.74 Å². The molecule has 19 heavy (non-hydrogen) atoms. The summed E-state index contributed by atoms with van der Waals surface area (Å²) in [6.45, 7) is 6.62. The van der Waals surface area contributed by atoms with E-state index in [-0.39, 0.29) is 5.43 Å². The number of methoxy groups -OCH3 is 1. The minimum absolute atomic E-state index is 0.0679. The van der Waals surface area contributed by atoms with Gasteiger partial charge in [-0.05, 0) is 19.1 Å². The molecule has 0 fully saturated rings. The van der Waals surface area contributed by atoms with Crippen molar-refractivity contribution >= 4 is 10.9 Å². The maximum atomic E-state index is 12.5. The molecule has 0 bridgehead atoms. The van der Waals surface area contributed by atoms with E-state index >= 15 is 0 Å². The molecule has 2 N–H and O–H groups in total. The van der Waals surface area contributed by atoms with Crippen molar-refractivity contribution in [2.24, 2.45) is 0 Å². The predicted molar refractivity (Wildman–Crippen MR) is 77.8 cm³/mol. The molecule has 1 aromatic carbocycles. The molecular formula is C15H20N2O2. The Labute approximate surface area is 112 Å². The summed E-state index contributed by atoms with van der Waals surface area (Å²) in [5.41, 5.74) is 2.50. The van der Waals surface area contributed by atoms with Crippen LogP contribution in [0.5, 0.6) is 5.75 Å². The van der Waals surface area contributed by atoms with E-state index < -0.39 is 0 Å². The Morgan fingerprint density at radius 2 is 2.11 bits per heavy atom. The Kier molecular flexibility index (Phi) is 3.90. The van der Waals surface area contributed by atoms with E-state index in [1.54, 1.807) is 7.11 Å². The number of rotatable bonds is 4. The predicted octanol–water partition coefficient (Wildman–Crippen LogP) is 2.34. The van der Waals surface area contributed by atoms with Crippen molar-refractivity contribution < 1.29 is 4.74 Å². The van der Waals surface area contributed by atoms with Gasteiger partial charge >= 0.3 is 0 Å². The van der Waals surface area contributed by atoms with E-state index in [0.717, 1.165) is 16.8 Å². The highest BCUT2D eigenvalue weighted by atomic mass is 16.5. The lowest BCUT2D eigenvalue weighted by atomic mass is 10.1. The molecular weight excluding hydrogens is 240 g/mol. The zero-order valence-electron chi connectivity index (χ0n) is 11.8. The first-order valence-electron chi connectivity index (χ1n) is 6.46. The lowest BCUT2D eigenvalue weighted by molar-refractivity contribution is 0.419. The highest BCUT2D eigenvalue weighted by Crippen LogP contribution is 2.22. The summed E-state index contributed by atoms with van der Waals surface area (Å²) >= 11 is 0. The quantitative estimate of drug-likeness (QED) is 0.887. The third-order valence-corrected chi connectivity index (χ3v) is 3.22. The molecule has 4 nitrogen and oxygen atoms in total. The Morgan fingerprint density at radius 3 is 2.74 bits per heavy atom. The van der Waals surface area contributed by atoms with Crippen molar-refractivity contribution in [1.82, 2.24) is 10.3 Å². The molecule has 0 atom stereocenters. The highest BCUT2D eigenvalue weighted by molar-refractivity contribution is 5.85. The molecule has 0 aliphatic rings. The van der Waals surface area contributed by atoms with Gasteiger partial charge in [-0.2, -0.15) is 0 Å². The van der Waals surface area contributed by atoms with Crippen molar-refractivity contribution in [3.63, 3.8) is 0 Å². The number of nitrogens with one attached hydrogen (secondary N) is 2. The molecule has 0 unspecified atom stereocenters. The van der Waals surface area contributed by atoms with Crippen molar-refractivity contribution in [1.29, 1.82) is 0 Å². The average molecular weight is 260 g/mol. The monoisotopic (exact) mass is 260 g/mol. The summed E-state index contributed by atoms with van der Waals surface area (Å²) in [5.74, 6) is 0.695. The van der Waals surface area contributed by atoms with Crippen LogP contribution in [-0.2, 0) is 6.54 Å². The molecule has 4 heteroatoms. The van der Waals surface area contributed by atoms with Crippen LogP contribution in [-0.4, -0.2) is 18.1 Å². The van der Waals surface area contributed by atoms with Crippen LogP contribution in [0.3, 0.4) is 0 Å². The number of hydrogen-bond donors (Lipinski definition) is 2. The van der Waals surface area contributed by atoms with Crippen LogP contribution in [0.2, 0.25) is 0 Å². The molecule has 0 radical (unpaired) electrons. The standard InChI is InChI=1S/C15H20N2O2/c1-9(2)16-8-12-10(3)17-14-11(15(12)18)6-5-7-13(14)19-4/h5-7,9,16H,8H2,1-4H3,(H,17,18). The summed E-state index contributed by atoms with van der Waals surface area (Å²) in [6.07, 6.45) is 0.